The van der Waals surface area contributed by atoms with Crippen LogP contribution in [0.3, 0.4) is 0 Å². The zero-order valence-electron chi connectivity index (χ0n) is 16.2. The Hall–Kier alpha value is -2.74. The molecule has 28 heavy (non-hydrogen) atoms. The monoisotopic (exact) mass is 388 g/mol. The highest BCUT2D eigenvalue weighted by Gasteiger charge is 2.20. The number of carbonyl (C=O) groups excluding carboxylic acids is 1. The minimum Gasteiger partial charge on any atom is -0.395 e. The van der Waals surface area contributed by atoms with Crippen LogP contribution < -0.4 is 21.5 Å². The summed E-state index contributed by atoms with van der Waals surface area (Å²) in [7, 11) is 1.70. The van der Waals surface area contributed by atoms with E-state index in [2.05, 4.69) is 15.6 Å². The molecule has 0 fully saturated rings. The van der Waals surface area contributed by atoms with Crippen molar-refractivity contribution in [1.82, 2.24) is 9.88 Å². The fourth-order valence-electron chi connectivity index (χ4n) is 2.87. The van der Waals surface area contributed by atoms with Gasteiger partial charge in [0.1, 0.15) is 11.4 Å². The number of carbonyl (C=O) groups is 1. The maximum absolute atomic E-state index is 11.8. The maximum Gasteiger partial charge on any atom is 0.253 e. The zero-order chi connectivity index (χ0) is 20.4. The molecule has 0 saturated carbocycles. The third kappa shape index (κ3) is 6.16. The number of aromatic nitrogens is 1. The van der Waals surface area contributed by atoms with Crippen LogP contribution in [0.4, 0.5) is 17.1 Å². The Morgan fingerprint density at radius 2 is 1.68 bits per heavy atom. The second-order valence-corrected chi connectivity index (χ2v) is 6.75. The SMILES string of the molecule is CN(CCO)C(=O)CCCCCCCNc1c(Nc2ccncc2)c(=O)c1=O. The van der Waals surface area contributed by atoms with Gasteiger partial charge in [-0.25, -0.2) is 0 Å². The first-order valence-corrected chi connectivity index (χ1v) is 9.63. The van der Waals surface area contributed by atoms with Gasteiger partial charge >= 0.3 is 0 Å². The number of rotatable bonds is 13. The lowest BCUT2D eigenvalue weighted by atomic mass is 10.1. The van der Waals surface area contributed by atoms with E-state index < -0.39 is 10.9 Å². The van der Waals surface area contributed by atoms with Crippen molar-refractivity contribution in [3.05, 3.63) is 45.0 Å². The summed E-state index contributed by atoms with van der Waals surface area (Å²) in [6, 6.07) is 3.46. The van der Waals surface area contributed by atoms with E-state index in [-0.39, 0.29) is 12.5 Å². The number of anilines is 3. The Balaban J connectivity index is 1.62. The van der Waals surface area contributed by atoms with E-state index >= 15 is 0 Å². The van der Waals surface area contributed by atoms with E-state index in [1.54, 1.807) is 36.5 Å². The average molecular weight is 388 g/mol. The molecule has 2 rings (SSSR count). The summed E-state index contributed by atoms with van der Waals surface area (Å²) in [4.78, 5) is 40.7. The first kappa shape index (κ1) is 21.6. The van der Waals surface area contributed by atoms with Crippen LogP contribution in [-0.2, 0) is 4.79 Å². The van der Waals surface area contributed by atoms with Crippen molar-refractivity contribution in [2.24, 2.45) is 0 Å². The molecule has 0 unspecified atom stereocenters. The van der Waals surface area contributed by atoms with Crippen molar-refractivity contribution >= 4 is 23.0 Å². The van der Waals surface area contributed by atoms with Crippen LogP contribution in [0.1, 0.15) is 38.5 Å². The summed E-state index contributed by atoms with van der Waals surface area (Å²) in [5.74, 6) is 0.0602. The van der Waals surface area contributed by atoms with Crippen LogP contribution in [0.25, 0.3) is 0 Å². The zero-order valence-corrected chi connectivity index (χ0v) is 16.2. The largest absolute Gasteiger partial charge is 0.395 e. The number of aliphatic hydroxyl groups excluding tert-OH is 1. The lowest BCUT2D eigenvalue weighted by Gasteiger charge is -2.15. The van der Waals surface area contributed by atoms with Crippen molar-refractivity contribution in [3.63, 3.8) is 0 Å². The van der Waals surface area contributed by atoms with Crippen LogP contribution in [0.15, 0.2) is 34.1 Å². The van der Waals surface area contributed by atoms with E-state index in [4.69, 9.17) is 5.11 Å². The fourth-order valence-corrected chi connectivity index (χ4v) is 2.87. The van der Waals surface area contributed by atoms with Crippen molar-refractivity contribution in [1.29, 1.82) is 0 Å². The fraction of sp³-hybridized carbons (Fsp3) is 0.500. The molecule has 152 valence electrons. The highest BCUT2D eigenvalue weighted by atomic mass is 16.3. The van der Waals surface area contributed by atoms with Gasteiger partial charge in [-0.05, 0) is 25.0 Å². The molecule has 1 heterocycles. The molecule has 0 aliphatic heterocycles. The molecule has 1 aromatic heterocycles. The Morgan fingerprint density at radius 1 is 1.04 bits per heavy atom. The number of hydrogen-bond acceptors (Lipinski definition) is 7. The maximum atomic E-state index is 11.8. The number of nitrogens with zero attached hydrogens (tertiary/aromatic N) is 2. The molecule has 1 amide bonds. The van der Waals surface area contributed by atoms with Gasteiger partial charge < -0.3 is 20.6 Å². The van der Waals surface area contributed by atoms with Crippen molar-refractivity contribution in [3.8, 4) is 0 Å². The van der Waals surface area contributed by atoms with Crippen LogP contribution in [-0.4, -0.2) is 47.6 Å². The molecule has 8 heteroatoms. The van der Waals surface area contributed by atoms with Crippen LogP contribution >= 0.6 is 0 Å². The third-order valence-electron chi connectivity index (χ3n) is 4.59. The van der Waals surface area contributed by atoms with E-state index in [0.29, 0.717) is 36.6 Å². The molecule has 0 saturated heterocycles. The molecular formula is C20H28N4O4. The van der Waals surface area contributed by atoms with Crippen molar-refractivity contribution in [2.45, 2.75) is 38.5 Å². The number of nitrogens with one attached hydrogen (secondary N) is 2. The summed E-state index contributed by atoms with van der Waals surface area (Å²) in [6.45, 7) is 0.979. The lowest BCUT2D eigenvalue weighted by molar-refractivity contribution is -0.130. The summed E-state index contributed by atoms with van der Waals surface area (Å²) < 4.78 is 0. The van der Waals surface area contributed by atoms with Crippen molar-refractivity contribution < 1.29 is 9.90 Å². The Morgan fingerprint density at radius 3 is 2.39 bits per heavy atom. The van der Waals surface area contributed by atoms with Crippen molar-refractivity contribution in [2.75, 3.05) is 37.4 Å². The van der Waals surface area contributed by atoms with Gasteiger partial charge in [0.25, 0.3) is 10.9 Å². The predicted octanol–water partition coefficient (Wildman–Crippen LogP) is 1.62. The number of amides is 1. The van der Waals surface area contributed by atoms with Gasteiger partial charge in [-0.2, -0.15) is 0 Å². The summed E-state index contributed by atoms with van der Waals surface area (Å²) >= 11 is 0. The van der Waals surface area contributed by atoms with Crippen LogP contribution in [0.5, 0.6) is 0 Å². The number of likely N-dealkylation sites (N-methyl/N-ethyl adjacent to an activating group) is 1. The van der Waals surface area contributed by atoms with E-state index in [0.717, 1.165) is 32.1 Å². The number of aliphatic hydroxyl groups is 1. The van der Waals surface area contributed by atoms with E-state index in [1.165, 1.54) is 0 Å². The molecule has 3 N–H and O–H groups in total. The molecule has 8 nitrogen and oxygen atoms in total. The minimum atomic E-state index is -0.504. The molecule has 0 spiro atoms. The van der Waals surface area contributed by atoms with Gasteiger partial charge in [-0.1, -0.05) is 19.3 Å². The number of hydrogen-bond donors (Lipinski definition) is 3. The molecule has 0 atom stereocenters. The van der Waals surface area contributed by atoms with Gasteiger partial charge in [0, 0.05) is 44.6 Å². The first-order chi connectivity index (χ1) is 13.5. The van der Waals surface area contributed by atoms with Gasteiger partial charge in [0.05, 0.1) is 6.61 Å². The second-order valence-electron chi connectivity index (χ2n) is 6.75. The summed E-state index contributed by atoms with van der Waals surface area (Å²) in [5.41, 5.74) is 0.377. The predicted molar refractivity (Wildman–Crippen MR) is 110 cm³/mol. The number of pyridine rings is 1. The Kier molecular flexibility index (Phi) is 8.61. The molecule has 0 radical (unpaired) electrons. The van der Waals surface area contributed by atoms with E-state index in [1.807, 2.05) is 0 Å². The topological polar surface area (TPSA) is 112 Å². The third-order valence-corrected chi connectivity index (χ3v) is 4.59. The first-order valence-electron chi connectivity index (χ1n) is 9.63. The van der Waals surface area contributed by atoms with Crippen LogP contribution in [0.2, 0.25) is 0 Å². The standard InChI is InChI=1S/C20H28N4O4/c1-24(13-14-25)16(26)7-5-3-2-4-6-10-22-17-18(20(28)19(17)27)23-15-8-11-21-12-9-15/h8-9,11-12,22,25H,2-7,10,13-14H2,1H3,(H,21,23). The van der Waals surface area contributed by atoms with E-state index in [9.17, 15) is 14.4 Å². The normalized spacial score (nSPS) is 10.8. The smallest absolute Gasteiger partial charge is 0.253 e. The highest BCUT2D eigenvalue weighted by Crippen LogP contribution is 2.20. The second kappa shape index (κ2) is 11.2. The molecule has 0 bridgehead atoms. The summed E-state index contributed by atoms with van der Waals surface area (Å²) in [6.07, 6.45) is 8.39. The summed E-state index contributed by atoms with van der Waals surface area (Å²) in [5, 5.41) is 14.8. The van der Waals surface area contributed by atoms with Crippen LogP contribution in [0, 0.1) is 0 Å². The highest BCUT2D eigenvalue weighted by molar-refractivity contribution is 5.78. The molecule has 1 aromatic carbocycles. The van der Waals surface area contributed by atoms with Gasteiger partial charge in [-0.3, -0.25) is 19.4 Å². The lowest BCUT2D eigenvalue weighted by Crippen LogP contribution is -2.36. The van der Waals surface area contributed by atoms with Gasteiger partial charge in [0.2, 0.25) is 5.91 Å². The number of unbranched alkanes of at least 4 members (excludes halogenated alkanes) is 4. The van der Waals surface area contributed by atoms with Gasteiger partial charge in [-0.15, -0.1) is 0 Å². The Bertz CT molecular complexity index is 815. The average Bonchev–Trinajstić information content (AvgIpc) is 2.71. The van der Waals surface area contributed by atoms with Gasteiger partial charge in [0.15, 0.2) is 0 Å². The quantitative estimate of drug-likeness (QED) is 0.353. The molecule has 0 aliphatic rings. The molecular weight excluding hydrogens is 360 g/mol. The minimum absolute atomic E-state index is 0.0143. The molecule has 0 aliphatic carbocycles. The molecule has 2 aromatic rings. The Labute approximate surface area is 164 Å².